The third-order valence-corrected chi connectivity index (χ3v) is 4.81. The lowest BCUT2D eigenvalue weighted by molar-refractivity contribution is 0.805. The van der Waals surface area contributed by atoms with Crippen molar-refractivity contribution in [3.63, 3.8) is 0 Å². The van der Waals surface area contributed by atoms with Crippen LogP contribution < -0.4 is 0 Å². The summed E-state index contributed by atoms with van der Waals surface area (Å²) in [5.74, 6) is 0. The fraction of sp³-hybridized carbons (Fsp3) is 0.0625. The lowest BCUT2D eigenvalue weighted by Crippen LogP contribution is -1.97. The van der Waals surface area contributed by atoms with Crippen LogP contribution in [0.25, 0.3) is 16.9 Å². The van der Waals surface area contributed by atoms with E-state index in [1.54, 1.807) is 11.8 Å². The Bertz CT molecular complexity index is 708. The minimum absolute atomic E-state index is 0.971. The van der Waals surface area contributed by atoms with Crippen molar-refractivity contribution in [2.75, 3.05) is 6.26 Å². The molecule has 2 aromatic carbocycles. The van der Waals surface area contributed by atoms with E-state index in [2.05, 4.69) is 46.5 Å². The Hall–Kier alpha value is -1.52. The van der Waals surface area contributed by atoms with Gasteiger partial charge in [0.05, 0.1) is 10.2 Å². The van der Waals surface area contributed by atoms with Crippen LogP contribution in [0.15, 0.2) is 70.2 Å². The van der Waals surface area contributed by atoms with Gasteiger partial charge in [0, 0.05) is 5.56 Å². The number of rotatable bonds is 3. The average molecular weight is 345 g/mol. The maximum absolute atomic E-state index is 4.77. The zero-order valence-electron chi connectivity index (χ0n) is 11.0. The predicted molar refractivity (Wildman–Crippen MR) is 88.5 cm³/mol. The molecule has 0 spiro atoms. The molecule has 1 aromatic heterocycles. The second-order valence-electron chi connectivity index (χ2n) is 4.29. The van der Waals surface area contributed by atoms with Crippen LogP contribution in [0.1, 0.15) is 0 Å². The molecule has 100 valence electrons. The Morgan fingerprint density at radius 2 is 1.55 bits per heavy atom. The van der Waals surface area contributed by atoms with E-state index in [1.165, 1.54) is 0 Å². The summed E-state index contributed by atoms with van der Waals surface area (Å²) in [6, 6.07) is 20.4. The fourth-order valence-corrected chi connectivity index (χ4v) is 3.64. The number of hydrogen-bond donors (Lipinski definition) is 0. The number of aromatic nitrogens is 2. The maximum atomic E-state index is 4.77. The standard InChI is InChI=1S/C16H13BrN2S/c1-20-16-14(17)15(12-8-4-2-5-9-12)18-19(16)13-10-6-3-7-11-13/h2-11H,1H3. The van der Waals surface area contributed by atoms with Gasteiger partial charge in [-0.1, -0.05) is 48.5 Å². The number of nitrogens with zero attached hydrogens (tertiary/aromatic N) is 2. The van der Waals surface area contributed by atoms with E-state index in [9.17, 15) is 0 Å². The van der Waals surface area contributed by atoms with E-state index in [-0.39, 0.29) is 0 Å². The molecular formula is C16H13BrN2S. The summed E-state index contributed by atoms with van der Waals surface area (Å²) in [7, 11) is 0. The average Bonchev–Trinajstić information content (AvgIpc) is 2.86. The Kier molecular flexibility index (Phi) is 3.94. The fourth-order valence-electron chi connectivity index (χ4n) is 2.08. The van der Waals surface area contributed by atoms with Gasteiger partial charge in [-0.05, 0) is 34.3 Å². The molecular weight excluding hydrogens is 332 g/mol. The summed E-state index contributed by atoms with van der Waals surface area (Å²) >= 11 is 5.38. The molecule has 3 aromatic rings. The second-order valence-corrected chi connectivity index (χ2v) is 5.87. The molecule has 0 bridgehead atoms. The minimum Gasteiger partial charge on any atom is -0.225 e. The summed E-state index contributed by atoms with van der Waals surface area (Å²) in [5, 5.41) is 5.88. The molecule has 0 radical (unpaired) electrons. The molecule has 0 N–H and O–H groups in total. The van der Waals surface area contributed by atoms with Crippen molar-refractivity contribution in [2.45, 2.75) is 5.03 Å². The smallest absolute Gasteiger partial charge is 0.114 e. The van der Waals surface area contributed by atoms with Gasteiger partial charge in [0.2, 0.25) is 0 Å². The van der Waals surface area contributed by atoms with Crippen LogP contribution in [-0.2, 0) is 0 Å². The molecule has 4 heteroatoms. The van der Waals surface area contributed by atoms with E-state index < -0.39 is 0 Å². The van der Waals surface area contributed by atoms with Gasteiger partial charge in [-0.15, -0.1) is 11.8 Å². The Balaban J connectivity index is 2.18. The molecule has 3 rings (SSSR count). The van der Waals surface area contributed by atoms with E-state index in [0.29, 0.717) is 0 Å². The number of thioether (sulfide) groups is 1. The second kappa shape index (κ2) is 5.85. The summed E-state index contributed by atoms with van der Waals surface area (Å²) in [6.45, 7) is 0. The number of benzene rings is 2. The third-order valence-electron chi connectivity index (χ3n) is 3.03. The van der Waals surface area contributed by atoms with E-state index in [4.69, 9.17) is 5.10 Å². The van der Waals surface area contributed by atoms with Crippen molar-refractivity contribution in [3.8, 4) is 16.9 Å². The summed E-state index contributed by atoms with van der Waals surface area (Å²) in [6.07, 6.45) is 2.07. The van der Waals surface area contributed by atoms with Gasteiger partial charge in [0.25, 0.3) is 0 Å². The first-order chi connectivity index (χ1) is 9.81. The summed E-state index contributed by atoms with van der Waals surface area (Å²) in [4.78, 5) is 0. The predicted octanol–water partition coefficient (Wildman–Crippen LogP) is 5.02. The highest BCUT2D eigenvalue weighted by Gasteiger charge is 2.17. The van der Waals surface area contributed by atoms with Crippen molar-refractivity contribution >= 4 is 27.7 Å². The molecule has 0 fully saturated rings. The van der Waals surface area contributed by atoms with Gasteiger partial charge >= 0.3 is 0 Å². The van der Waals surface area contributed by atoms with Gasteiger partial charge in [-0.3, -0.25) is 0 Å². The number of halogens is 1. The van der Waals surface area contributed by atoms with Crippen molar-refractivity contribution in [1.29, 1.82) is 0 Å². The molecule has 0 aliphatic carbocycles. The highest BCUT2D eigenvalue weighted by atomic mass is 79.9. The molecule has 0 aliphatic rings. The highest BCUT2D eigenvalue weighted by molar-refractivity contribution is 9.10. The van der Waals surface area contributed by atoms with Crippen LogP contribution in [0.4, 0.5) is 0 Å². The SMILES string of the molecule is CSc1c(Br)c(-c2ccccc2)nn1-c1ccccc1. The maximum Gasteiger partial charge on any atom is 0.114 e. The van der Waals surface area contributed by atoms with Crippen LogP contribution in [0, 0.1) is 0 Å². The Morgan fingerprint density at radius 1 is 0.950 bits per heavy atom. The zero-order valence-corrected chi connectivity index (χ0v) is 13.4. The highest BCUT2D eigenvalue weighted by Crippen LogP contribution is 2.36. The molecule has 0 saturated carbocycles. The molecule has 0 unspecified atom stereocenters. The zero-order chi connectivity index (χ0) is 13.9. The monoisotopic (exact) mass is 344 g/mol. The van der Waals surface area contributed by atoms with Crippen LogP contribution in [0.2, 0.25) is 0 Å². The first-order valence-electron chi connectivity index (χ1n) is 6.24. The normalized spacial score (nSPS) is 10.7. The van der Waals surface area contributed by atoms with Crippen molar-refractivity contribution in [3.05, 3.63) is 65.1 Å². The summed E-state index contributed by atoms with van der Waals surface area (Å²) in [5.41, 5.74) is 3.16. The lowest BCUT2D eigenvalue weighted by Gasteiger charge is -2.04. The largest absolute Gasteiger partial charge is 0.225 e. The van der Waals surface area contributed by atoms with Crippen molar-refractivity contribution in [2.24, 2.45) is 0 Å². The quantitative estimate of drug-likeness (QED) is 0.620. The topological polar surface area (TPSA) is 17.8 Å². The van der Waals surface area contributed by atoms with Gasteiger partial charge in [-0.2, -0.15) is 5.10 Å². The minimum atomic E-state index is 0.971. The van der Waals surface area contributed by atoms with Gasteiger partial charge in [0.15, 0.2) is 0 Å². The van der Waals surface area contributed by atoms with Crippen molar-refractivity contribution < 1.29 is 0 Å². The van der Waals surface area contributed by atoms with Crippen LogP contribution in [0.3, 0.4) is 0 Å². The molecule has 0 saturated heterocycles. The first kappa shape index (κ1) is 13.5. The van der Waals surface area contributed by atoms with Crippen molar-refractivity contribution in [1.82, 2.24) is 9.78 Å². The van der Waals surface area contributed by atoms with Gasteiger partial charge < -0.3 is 0 Å². The molecule has 0 amide bonds. The molecule has 20 heavy (non-hydrogen) atoms. The van der Waals surface area contributed by atoms with Gasteiger partial charge in [-0.25, -0.2) is 4.68 Å². The molecule has 0 atom stereocenters. The van der Waals surface area contributed by atoms with Crippen LogP contribution >= 0.6 is 27.7 Å². The lowest BCUT2D eigenvalue weighted by atomic mass is 10.2. The van der Waals surface area contributed by atoms with E-state index in [1.807, 2.05) is 41.1 Å². The van der Waals surface area contributed by atoms with Crippen LogP contribution in [-0.4, -0.2) is 16.0 Å². The Labute approximate surface area is 131 Å². The number of para-hydroxylation sites is 1. The van der Waals surface area contributed by atoms with E-state index in [0.717, 1.165) is 26.4 Å². The van der Waals surface area contributed by atoms with Gasteiger partial charge in [0.1, 0.15) is 10.7 Å². The molecule has 0 aliphatic heterocycles. The van der Waals surface area contributed by atoms with Crippen LogP contribution in [0.5, 0.6) is 0 Å². The summed E-state index contributed by atoms with van der Waals surface area (Å²) < 4.78 is 3.02. The Morgan fingerprint density at radius 3 is 2.15 bits per heavy atom. The first-order valence-corrected chi connectivity index (χ1v) is 8.26. The number of hydrogen-bond acceptors (Lipinski definition) is 2. The third kappa shape index (κ3) is 2.41. The van der Waals surface area contributed by atoms with E-state index >= 15 is 0 Å². The molecule has 1 heterocycles. The molecule has 2 nitrogen and oxygen atoms in total.